The van der Waals surface area contributed by atoms with Crippen LogP contribution in [0.1, 0.15) is 37.7 Å². The van der Waals surface area contributed by atoms with Gasteiger partial charge in [0.25, 0.3) is 0 Å². The van der Waals surface area contributed by atoms with E-state index >= 15 is 0 Å². The first kappa shape index (κ1) is 18.8. The number of aliphatic hydroxyl groups is 1. The molecule has 0 aromatic heterocycles. The van der Waals surface area contributed by atoms with Crippen LogP contribution in [0.3, 0.4) is 0 Å². The summed E-state index contributed by atoms with van der Waals surface area (Å²) in [6.45, 7) is 0.998. The third kappa shape index (κ3) is 4.48. The van der Waals surface area contributed by atoms with E-state index in [2.05, 4.69) is 10.6 Å². The maximum Gasteiger partial charge on any atom is 0.222 e. The highest BCUT2D eigenvalue weighted by atomic mass is 19.1. The van der Waals surface area contributed by atoms with E-state index in [0.29, 0.717) is 25.6 Å². The van der Waals surface area contributed by atoms with Gasteiger partial charge >= 0.3 is 0 Å². The van der Waals surface area contributed by atoms with E-state index < -0.39 is 6.10 Å². The first-order chi connectivity index (χ1) is 13.1. The molecule has 2 saturated heterocycles. The van der Waals surface area contributed by atoms with Crippen molar-refractivity contribution in [3.63, 3.8) is 0 Å². The zero-order chi connectivity index (χ0) is 18.8. The lowest BCUT2D eigenvalue weighted by Gasteiger charge is -2.29. The molecule has 7 heteroatoms. The van der Waals surface area contributed by atoms with Crippen molar-refractivity contribution in [1.82, 2.24) is 10.6 Å². The van der Waals surface area contributed by atoms with Crippen LogP contribution in [0, 0.1) is 5.82 Å². The van der Waals surface area contributed by atoms with Crippen LogP contribution in [0.2, 0.25) is 0 Å². The average molecular weight is 378 g/mol. The fraction of sp³-hybridized carbons (Fsp3) is 0.650. The van der Waals surface area contributed by atoms with Gasteiger partial charge in [-0.1, -0.05) is 18.6 Å². The number of amides is 1. The number of halogens is 1. The van der Waals surface area contributed by atoms with Crippen LogP contribution in [-0.2, 0) is 20.8 Å². The summed E-state index contributed by atoms with van der Waals surface area (Å²) in [6.07, 6.45) is 2.86. The lowest BCUT2D eigenvalue weighted by molar-refractivity contribution is -0.124. The van der Waals surface area contributed by atoms with Crippen molar-refractivity contribution >= 4 is 5.91 Å². The Bertz CT molecular complexity index is 652. The molecule has 6 nitrogen and oxygen atoms in total. The van der Waals surface area contributed by atoms with Gasteiger partial charge in [0.05, 0.1) is 24.7 Å². The van der Waals surface area contributed by atoms with Gasteiger partial charge in [0.2, 0.25) is 5.91 Å². The minimum atomic E-state index is -0.658. The molecule has 1 amide bonds. The second-order valence-electron chi connectivity index (χ2n) is 7.81. The quantitative estimate of drug-likeness (QED) is 0.666. The van der Waals surface area contributed by atoms with E-state index in [9.17, 15) is 14.3 Å². The molecule has 1 aromatic carbocycles. The number of carbonyl (C=O) groups excluding carboxylic acids is 1. The van der Waals surface area contributed by atoms with Gasteiger partial charge in [-0.15, -0.1) is 0 Å². The van der Waals surface area contributed by atoms with E-state index in [1.807, 2.05) is 0 Å². The van der Waals surface area contributed by atoms with Crippen molar-refractivity contribution in [1.29, 1.82) is 0 Å². The van der Waals surface area contributed by atoms with Gasteiger partial charge in [-0.3, -0.25) is 4.79 Å². The first-order valence-electron chi connectivity index (χ1n) is 9.82. The molecule has 2 heterocycles. The molecule has 5 atom stereocenters. The van der Waals surface area contributed by atoms with Gasteiger partial charge < -0.3 is 25.2 Å². The minimum Gasteiger partial charge on any atom is -0.388 e. The molecular formula is C20H27FN2O4. The van der Waals surface area contributed by atoms with Crippen molar-refractivity contribution in [3.05, 3.63) is 35.6 Å². The summed E-state index contributed by atoms with van der Waals surface area (Å²) in [4.78, 5) is 12.1. The normalized spacial score (nSPS) is 32.9. The Morgan fingerprint density at radius 3 is 2.67 bits per heavy atom. The van der Waals surface area contributed by atoms with Crippen LogP contribution >= 0.6 is 0 Å². The van der Waals surface area contributed by atoms with E-state index in [4.69, 9.17) is 9.47 Å². The highest BCUT2D eigenvalue weighted by Crippen LogP contribution is 2.35. The van der Waals surface area contributed by atoms with Crippen LogP contribution in [0.15, 0.2) is 24.3 Å². The summed E-state index contributed by atoms with van der Waals surface area (Å²) in [5.74, 6) is -0.419. The maximum atomic E-state index is 12.9. The average Bonchev–Trinajstić information content (AvgIpc) is 3.12. The Balaban J connectivity index is 1.19. The van der Waals surface area contributed by atoms with Crippen molar-refractivity contribution in [2.75, 3.05) is 6.54 Å². The fourth-order valence-electron chi connectivity index (χ4n) is 3.99. The molecule has 4 rings (SSSR count). The molecule has 27 heavy (non-hydrogen) atoms. The smallest absolute Gasteiger partial charge is 0.222 e. The molecule has 148 valence electrons. The number of hydrogen-bond donors (Lipinski definition) is 3. The summed E-state index contributed by atoms with van der Waals surface area (Å²) in [6, 6.07) is 6.59. The van der Waals surface area contributed by atoms with Gasteiger partial charge in [-0.05, 0) is 30.5 Å². The summed E-state index contributed by atoms with van der Waals surface area (Å²) >= 11 is 0. The van der Waals surface area contributed by atoms with Crippen molar-refractivity contribution in [3.8, 4) is 0 Å². The zero-order valence-corrected chi connectivity index (χ0v) is 15.3. The summed E-state index contributed by atoms with van der Waals surface area (Å²) < 4.78 is 24.8. The summed E-state index contributed by atoms with van der Waals surface area (Å²) in [7, 11) is 0. The molecule has 2 aliphatic heterocycles. The third-order valence-corrected chi connectivity index (χ3v) is 5.81. The number of nitrogens with one attached hydrogen (secondary N) is 2. The molecule has 0 spiro atoms. The van der Waals surface area contributed by atoms with Gasteiger partial charge in [-0.25, -0.2) is 4.39 Å². The van der Waals surface area contributed by atoms with E-state index in [-0.39, 0.29) is 42.6 Å². The molecule has 3 fully saturated rings. The number of rotatable bonds is 7. The second kappa shape index (κ2) is 8.22. The molecule has 0 radical (unpaired) electrons. The Hall–Kier alpha value is -1.54. The maximum absolute atomic E-state index is 12.9. The van der Waals surface area contributed by atoms with E-state index in [1.165, 1.54) is 31.4 Å². The topological polar surface area (TPSA) is 79.8 Å². The Labute approximate surface area is 158 Å². The van der Waals surface area contributed by atoms with Gasteiger partial charge in [0.1, 0.15) is 18.0 Å². The summed E-state index contributed by atoms with van der Waals surface area (Å²) in [5.41, 5.74) is 0.842. The lowest BCUT2D eigenvalue weighted by Crippen LogP contribution is -2.44. The highest BCUT2D eigenvalue weighted by molar-refractivity contribution is 5.76. The standard InChI is InChI=1S/C20H27FN2O4/c21-13-6-4-12(5-7-13)10-23-18(24)9-15-8-16-20(26-15)19(25)17(27-16)11-22-14-2-1-3-14/h4-7,14-17,19-20,22,25H,1-3,8-11H2,(H,23,24). The molecule has 0 bridgehead atoms. The molecule has 3 aliphatic rings. The van der Waals surface area contributed by atoms with Crippen LogP contribution in [0.25, 0.3) is 0 Å². The Morgan fingerprint density at radius 1 is 1.22 bits per heavy atom. The predicted octanol–water partition coefficient (Wildman–Crippen LogP) is 1.26. The Morgan fingerprint density at radius 2 is 2.00 bits per heavy atom. The van der Waals surface area contributed by atoms with Crippen LogP contribution in [0.5, 0.6) is 0 Å². The van der Waals surface area contributed by atoms with Crippen LogP contribution in [-0.4, -0.2) is 54.1 Å². The number of aliphatic hydroxyl groups excluding tert-OH is 1. The van der Waals surface area contributed by atoms with Crippen LogP contribution in [0.4, 0.5) is 4.39 Å². The number of fused-ring (bicyclic) bond motifs is 1. The van der Waals surface area contributed by atoms with Gasteiger partial charge in [0.15, 0.2) is 0 Å². The van der Waals surface area contributed by atoms with E-state index in [0.717, 1.165) is 5.56 Å². The molecule has 1 aliphatic carbocycles. The molecule has 5 unspecified atom stereocenters. The summed E-state index contributed by atoms with van der Waals surface area (Å²) in [5, 5.41) is 16.7. The monoisotopic (exact) mass is 378 g/mol. The molecular weight excluding hydrogens is 351 g/mol. The largest absolute Gasteiger partial charge is 0.388 e. The van der Waals surface area contributed by atoms with Crippen molar-refractivity contribution < 1.29 is 23.8 Å². The second-order valence-corrected chi connectivity index (χ2v) is 7.81. The Kier molecular flexibility index (Phi) is 5.73. The number of carbonyl (C=O) groups is 1. The van der Waals surface area contributed by atoms with Gasteiger partial charge in [0, 0.05) is 25.6 Å². The van der Waals surface area contributed by atoms with Crippen LogP contribution < -0.4 is 10.6 Å². The number of benzene rings is 1. The molecule has 1 aromatic rings. The fourth-order valence-corrected chi connectivity index (χ4v) is 3.99. The lowest BCUT2D eigenvalue weighted by atomic mass is 9.93. The predicted molar refractivity (Wildman–Crippen MR) is 96.5 cm³/mol. The third-order valence-electron chi connectivity index (χ3n) is 5.81. The van der Waals surface area contributed by atoms with Crippen molar-refractivity contribution in [2.45, 2.75) is 75.2 Å². The van der Waals surface area contributed by atoms with Crippen molar-refractivity contribution in [2.24, 2.45) is 0 Å². The molecule has 1 saturated carbocycles. The number of hydrogen-bond acceptors (Lipinski definition) is 5. The zero-order valence-electron chi connectivity index (χ0n) is 15.3. The SMILES string of the molecule is O=C(CC1CC2OC(CNC3CCC3)C(O)C2O1)NCc1ccc(F)cc1. The minimum absolute atomic E-state index is 0.123. The highest BCUT2D eigenvalue weighted by Gasteiger charge is 2.50. The number of ether oxygens (including phenoxy) is 2. The van der Waals surface area contributed by atoms with E-state index in [1.54, 1.807) is 12.1 Å². The first-order valence-corrected chi connectivity index (χ1v) is 9.82. The molecule has 3 N–H and O–H groups in total. The van der Waals surface area contributed by atoms with Gasteiger partial charge in [-0.2, -0.15) is 0 Å².